The van der Waals surface area contributed by atoms with E-state index in [0.717, 1.165) is 49.0 Å². The molecule has 2 aromatic rings. The van der Waals surface area contributed by atoms with E-state index in [0.29, 0.717) is 12.4 Å². The molecule has 1 aliphatic rings. The van der Waals surface area contributed by atoms with Crippen LogP contribution in [-0.2, 0) is 20.0 Å². The highest BCUT2D eigenvalue weighted by atomic mass is 16.5. The van der Waals surface area contributed by atoms with E-state index >= 15 is 0 Å². The molecule has 0 aliphatic carbocycles. The molecule has 0 aromatic carbocycles. The lowest BCUT2D eigenvalue weighted by atomic mass is 9.98. The van der Waals surface area contributed by atoms with Crippen LogP contribution in [0.5, 0.6) is 5.88 Å². The Hall–Kier alpha value is -2.51. The Bertz CT molecular complexity index is 709. The second-order valence-electron chi connectivity index (χ2n) is 6.31. The number of piperidine rings is 1. The number of aromatic nitrogens is 4. The molecule has 8 heteroatoms. The maximum atomic E-state index is 12.8. The van der Waals surface area contributed by atoms with Crippen molar-refractivity contribution < 1.29 is 9.53 Å². The van der Waals surface area contributed by atoms with Crippen LogP contribution in [0.1, 0.15) is 49.0 Å². The highest BCUT2D eigenvalue weighted by molar-refractivity contribution is 5.75. The Morgan fingerprint density at radius 1 is 1.48 bits per heavy atom. The van der Waals surface area contributed by atoms with Crippen molar-refractivity contribution in [3.8, 4) is 5.88 Å². The van der Waals surface area contributed by atoms with Crippen molar-refractivity contribution in [2.75, 3.05) is 13.7 Å². The zero-order valence-electron chi connectivity index (χ0n) is 15.1. The van der Waals surface area contributed by atoms with Crippen molar-refractivity contribution in [2.45, 2.75) is 45.2 Å². The van der Waals surface area contributed by atoms with Gasteiger partial charge in [0, 0.05) is 25.4 Å². The third-order valence-electron chi connectivity index (χ3n) is 4.78. The van der Waals surface area contributed by atoms with Crippen molar-refractivity contribution in [3.05, 3.63) is 29.2 Å². The zero-order valence-corrected chi connectivity index (χ0v) is 15.1. The van der Waals surface area contributed by atoms with Crippen LogP contribution >= 0.6 is 0 Å². The smallest absolute Gasteiger partial charge is 0.318 e. The maximum Gasteiger partial charge on any atom is 0.318 e. The summed E-state index contributed by atoms with van der Waals surface area (Å²) in [6.07, 6.45) is 7.58. The minimum atomic E-state index is -0.0566. The van der Waals surface area contributed by atoms with Crippen LogP contribution in [-0.4, -0.2) is 44.6 Å². The first-order valence-electron chi connectivity index (χ1n) is 8.77. The fourth-order valence-electron chi connectivity index (χ4n) is 3.55. The summed E-state index contributed by atoms with van der Waals surface area (Å²) in [4.78, 5) is 14.7. The number of aromatic amines is 1. The molecule has 1 aliphatic heterocycles. The fourth-order valence-corrected chi connectivity index (χ4v) is 3.55. The number of amides is 2. The molecule has 2 amide bonds. The summed E-state index contributed by atoms with van der Waals surface area (Å²) in [7, 11) is 3.48. The highest BCUT2D eigenvalue weighted by Crippen LogP contribution is 2.30. The Morgan fingerprint density at radius 2 is 2.32 bits per heavy atom. The number of likely N-dealkylation sites (tertiary alicyclic amines) is 1. The van der Waals surface area contributed by atoms with Crippen molar-refractivity contribution in [3.63, 3.8) is 0 Å². The van der Waals surface area contributed by atoms with E-state index < -0.39 is 0 Å². The molecule has 136 valence electrons. The van der Waals surface area contributed by atoms with E-state index in [-0.39, 0.29) is 12.1 Å². The van der Waals surface area contributed by atoms with Crippen LogP contribution in [0, 0.1) is 0 Å². The molecular weight excluding hydrogens is 320 g/mol. The number of nitrogens with zero attached hydrogens (tertiary/aromatic N) is 4. The molecule has 1 fully saturated rings. The van der Waals surface area contributed by atoms with Crippen LogP contribution in [0.25, 0.3) is 0 Å². The van der Waals surface area contributed by atoms with Crippen LogP contribution < -0.4 is 10.1 Å². The molecule has 25 heavy (non-hydrogen) atoms. The van der Waals surface area contributed by atoms with Gasteiger partial charge in [-0.3, -0.25) is 5.10 Å². The second-order valence-corrected chi connectivity index (χ2v) is 6.31. The van der Waals surface area contributed by atoms with E-state index in [1.54, 1.807) is 18.0 Å². The summed E-state index contributed by atoms with van der Waals surface area (Å²) < 4.78 is 7.16. The van der Waals surface area contributed by atoms with E-state index in [1.807, 2.05) is 25.1 Å². The summed E-state index contributed by atoms with van der Waals surface area (Å²) >= 11 is 0. The van der Waals surface area contributed by atoms with E-state index in [2.05, 4.69) is 20.6 Å². The molecule has 3 rings (SSSR count). The van der Waals surface area contributed by atoms with Crippen molar-refractivity contribution in [1.82, 2.24) is 30.2 Å². The van der Waals surface area contributed by atoms with Crippen LogP contribution in [0.3, 0.4) is 0 Å². The van der Waals surface area contributed by atoms with Gasteiger partial charge in [0.2, 0.25) is 5.88 Å². The Kier molecular flexibility index (Phi) is 5.25. The van der Waals surface area contributed by atoms with Gasteiger partial charge in [-0.15, -0.1) is 0 Å². The molecule has 0 spiro atoms. The summed E-state index contributed by atoms with van der Waals surface area (Å²) in [6.45, 7) is 3.22. The molecule has 8 nitrogen and oxygen atoms in total. The standard InChI is InChI=1S/C17H26N6O2/c1-4-14-13(16(25-3)22(2)21-14)11-18-17(24)23-8-6-5-7-15(23)12-9-19-20-10-12/h9-10,15H,4-8,11H2,1-3H3,(H,18,24)(H,19,20). The van der Waals surface area contributed by atoms with Gasteiger partial charge in [-0.2, -0.15) is 10.2 Å². The zero-order chi connectivity index (χ0) is 17.8. The number of hydrogen-bond acceptors (Lipinski definition) is 4. The number of H-pyrrole nitrogens is 1. The van der Waals surface area contributed by atoms with Gasteiger partial charge in [-0.05, 0) is 25.7 Å². The van der Waals surface area contributed by atoms with Gasteiger partial charge in [0.25, 0.3) is 0 Å². The largest absolute Gasteiger partial charge is 0.481 e. The molecule has 1 atom stereocenters. The number of rotatable bonds is 5. The lowest BCUT2D eigenvalue weighted by Crippen LogP contribution is -2.44. The van der Waals surface area contributed by atoms with Gasteiger partial charge in [0.05, 0.1) is 37.2 Å². The lowest BCUT2D eigenvalue weighted by Gasteiger charge is -2.35. The first-order valence-corrected chi connectivity index (χ1v) is 8.77. The molecular formula is C17H26N6O2. The number of carbonyl (C=O) groups is 1. The Balaban J connectivity index is 1.71. The Labute approximate surface area is 147 Å². The SMILES string of the molecule is CCc1nn(C)c(OC)c1CNC(=O)N1CCCCC1c1cn[nH]c1. The molecule has 0 bridgehead atoms. The minimum absolute atomic E-state index is 0.0566. The summed E-state index contributed by atoms with van der Waals surface area (Å²) in [5.74, 6) is 0.696. The predicted octanol–water partition coefficient (Wildman–Crippen LogP) is 2.15. The van der Waals surface area contributed by atoms with E-state index in [4.69, 9.17) is 4.74 Å². The topological polar surface area (TPSA) is 88.1 Å². The van der Waals surface area contributed by atoms with Crippen LogP contribution in [0.15, 0.2) is 12.4 Å². The highest BCUT2D eigenvalue weighted by Gasteiger charge is 2.29. The molecule has 0 saturated carbocycles. The first kappa shape index (κ1) is 17.3. The van der Waals surface area contributed by atoms with Crippen LogP contribution in [0.4, 0.5) is 4.79 Å². The van der Waals surface area contributed by atoms with Crippen molar-refractivity contribution >= 4 is 6.03 Å². The summed E-state index contributed by atoms with van der Waals surface area (Å²) in [5, 5.41) is 14.4. The number of aryl methyl sites for hydroxylation is 2. The summed E-state index contributed by atoms with van der Waals surface area (Å²) in [6, 6.07) is 0.0211. The number of ether oxygens (including phenoxy) is 1. The molecule has 0 radical (unpaired) electrons. The van der Waals surface area contributed by atoms with Crippen LogP contribution in [0.2, 0.25) is 0 Å². The normalized spacial score (nSPS) is 17.6. The maximum absolute atomic E-state index is 12.8. The molecule has 2 aromatic heterocycles. The van der Waals surface area contributed by atoms with Gasteiger partial charge in [0.15, 0.2) is 0 Å². The van der Waals surface area contributed by atoms with Gasteiger partial charge in [0.1, 0.15) is 0 Å². The average Bonchev–Trinajstić information content (AvgIpc) is 3.27. The third kappa shape index (κ3) is 3.47. The minimum Gasteiger partial charge on any atom is -0.481 e. The monoisotopic (exact) mass is 346 g/mol. The first-order chi connectivity index (χ1) is 12.2. The molecule has 2 N–H and O–H groups in total. The molecule has 1 unspecified atom stereocenters. The van der Waals surface area contributed by atoms with Gasteiger partial charge in [-0.25, -0.2) is 9.48 Å². The average molecular weight is 346 g/mol. The van der Waals surface area contributed by atoms with Gasteiger partial charge < -0.3 is 15.0 Å². The number of carbonyl (C=O) groups excluding carboxylic acids is 1. The van der Waals surface area contributed by atoms with E-state index in [1.165, 1.54) is 0 Å². The number of urea groups is 1. The lowest BCUT2D eigenvalue weighted by molar-refractivity contribution is 0.151. The number of nitrogens with one attached hydrogen (secondary N) is 2. The Morgan fingerprint density at radius 3 is 3.00 bits per heavy atom. The number of methoxy groups -OCH3 is 1. The number of hydrogen-bond donors (Lipinski definition) is 2. The van der Waals surface area contributed by atoms with E-state index in [9.17, 15) is 4.79 Å². The molecule has 1 saturated heterocycles. The fraction of sp³-hybridized carbons (Fsp3) is 0.588. The summed E-state index contributed by atoms with van der Waals surface area (Å²) in [5.41, 5.74) is 2.95. The second kappa shape index (κ2) is 7.58. The third-order valence-corrected chi connectivity index (χ3v) is 4.78. The quantitative estimate of drug-likeness (QED) is 0.868. The van der Waals surface area contributed by atoms with Gasteiger partial charge >= 0.3 is 6.03 Å². The predicted molar refractivity (Wildman–Crippen MR) is 93.3 cm³/mol. The van der Waals surface area contributed by atoms with Crippen molar-refractivity contribution in [2.24, 2.45) is 7.05 Å². The van der Waals surface area contributed by atoms with Crippen molar-refractivity contribution in [1.29, 1.82) is 0 Å². The van der Waals surface area contributed by atoms with Gasteiger partial charge in [-0.1, -0.05) is 6.92 Å². The molecule has 3 heterocycles.